The zero-order valence-electron chi connectivity index (χ0n) is 18.9. The summed E-state index contributed by atoms with van der Waals surface area (Å²) in [4.78, 5) is 26.8. The highest BCUT2D eigenvalue weighted by atomic mass is 19.1. The zero-order chi connectivity index (χ0) is 22.3. The average Bonchev–Trinajstić information content (AvgIpc) is 2.74. The van der Waals surface area contributed by atoms with Crippen LogP contribution in [0.4, 0.5) is 10.2 Å². The highest BCUT2D eigenvalue weighted by Crippen LogP contribution is 2.19. The minimum absolute atomic E-state index is 0. The first-order valence-corrected chi connectivity index (χ1v) is 10.3. The maximum absolute atomic E-state index is 13.7. The van der Waals surface area contributed by atoms with Crippen LogP contribution in [0, 0.1) is 17.1 Å². The Hall–Kier alpha value is -3.00. The fraction of sp³-hybridized carbons (Fsp3) is 0.500. The third-order valence-electron chi connectivity index (χ3n) is 5.18. The van der Waals surface area contributed by atoms with Crippen molar-refractivity contribution in [3.05, 3.63) is 62.0 Å². The molecule has 32 heavy (non-hydrogen) atoms. The highest BCUT2D eigenvalue weighted by Gasteiger charge is 2.22. The van der Waals surface area contributed by atoms with Crippen molar-refractivity contribution < 1.29 is 15.3 Å². The maximum atomic E-state index is 13.7. The number of hydrogen-bond acceptors (Lipinski definition) is 5. The molecule has 1 saturated heterocycles. The van der Waals surface area contributed by atoms with Crippen LogP contribution in [-0.4, -0.2) is 39.2 Å². The van der Waals surface area contributed by atoms with E-state index in [1.165, 1.54) is 48.7 Å². The minimum atomic E-state index is -0.514. The molecular weight excluding hydrogens is 417 g/mol. The van der Waals surface area contributed by atoms with E-state index in [0.717, 1.165) is 17.4 Å². The number of nitrogens with zero attached hydrogens (tertiary/aromatic N) is 4. The molecule has 0 bridgehead atoms. The van der Waals surface area contributed by atoms with Crippen molar-refractivity contribution in [2.45, 2.75) is 52.1 Å². The summed E-state index contributed by atoms with van der Waals surface area (Å²) in [7, 11) is 1.39. The summed E-state index contributed by atoms with van der Waals surface area (Å²) < 4.78 is 16.1. The predicted molar refractivity (Wildman–Crippen MR) is 123 cm³/mol. The van der Waals surface area contributed by atoms with Crippen LogP contribution in [0.3, 0.4) is 0 Å². The number of anilines is 1. The Balaban J connectivity index is 0.00000148. The predicted octanol–water partition coefficient (Wildman–Crippen LogP) is 0.691. The molecule has 2 heterocycles. The summed E-state index contributed by atoms with van der Waals surface area (Å²) in [5.74, 6) is -0.0418. The molecular formula is C22H34FN5O4. The number of benzene rings is 1. The van der Waals surface area contributed by atoms with E-state index in [1.54, 1.807) is 0 Å². The van der Waals surface area contributed by atoms with Crippen molar-refractivity contribution in [2.75, 3.05) is 18.0 Å². The van der Waals surface area contributed by atoms with E-state index in [0.29, 0.717) is 24.5 Å². The quantitative estimate of drug-likeness (QED) is 0.722. The molecule has 1 atom stereocenters. The number of aromatic nitrogens is 2. The van der Waals surface area contributed by atoms with E-state index >= 15 is 0 Å². The van der Waals surface area contributed by atoms with Gasteiger partial charge < -0.3 is 21.6 Å². The Morgan fingerprint density at radius 1 is 1.19 bits per heavy atom. The molecule has 0 unspecified atom stereocenters. The SMILES string of the molecule is CCCC.Cn1c(=O)cc(N2CCC[C@@H](N)C2)n(Cc2cc(F)ccc2C#N)c1=O.O.O. The van der Waals surface area contributed by atoms with Crippen molar-refractivity contribution >= 4 is 5.82 Å². The molecule has 0 saturated carbocycles. The number of piperidine rings is 1. The summed E-state index contributed by atoms with van der Waals surface area (Å²) in [5.41, 5.74) is 5.77. The van der Waals surface area contributed by atoms with Gasteiger partial charge in [-0.15, -0.1) is 0 Å². The van der Waals surface area contributed by atoms with E-state index in [2.05, 4.69) is 13.8 Å². The third-order valence-corrected chi connectivity index (χ3v) is 5.18. The van der Waals surface area contributed by atoms with Crippen molar-refractivity contribution in [3.8, 4) is 6.07 Å². The van der Waals surface area contributed by atoms with Crippen molar-refractivity contribution in [1.29, 1.82) is 5.26 Å². The second kappa shape index (κ2) is 13.4. The van der Waals surface area contributed by atoms with Gasteiger partial charge >= 0.3 is 5.69 Å². The van der Waals surface area contributed by atoms with Gasteiger partial charge in [-0.05, 0) is 36.6 Å². The zero-order valence-corrected chi connectivity index (χ0v) is 18.9. The van der Waals surface area contributed by atoms with Gasteiger partial charge in [-0.1, -0.05) is 26.7 Å². The normalized spacial score (nSPS) is 14.9. The number of halogens is 1. The summed E-state index contributed by atoms with van der Waals surface area (Å²) in [6, 6.07) is 7.19. The molecule has 1 fully saturated rings. The van der Waals surface area contributed by atoms with Crippen LogP contribution in [0.5, 0.6) is 0 Å². The minimum Gasteiger partial charge on any atom is -0.412 e. The second-order valence-electron chi connectivity index (χ2n) is 7.53. The third kappa shape index (κ3) is 7.02. The molecule has 1 aliphatic heterocycles. The van der Waals surface area contributed by atoms with Crippen LogP contribution in [0.15, 0.2) is 33.9 Å². The molecule has 6 N–H and O–H groups in total. The molecule has 0 amide bonds. The van der Waals surface area contributed by atoms with Gasteiger partial charge in [0, 0.05) is 32.2 Å². The van der Waals surface area contributed by atoms with Gasteiger partial charge in [-0.2, -0.15) is 5.26 Å². The topological polar surface area (TPSA) is 160 Å². The van der Waals surface area contributed by atoms with Gasteiger partial charge in [0.05, 0.1) is 18.2 Å². The lowest BCUT2D eigenvalue weighted by atomic mass is 10.1. The van der Waals surface area contributed by atoms with Gasteiger partial charge in [0.1, 0.15) is 11.6 Å². The molecule has 2 aromatic rings. The van der Waals surface area contributed by atoms with Crippen LogP contribution in [0.25, 0.3) is 0 Å². The molecule has 1 aromatic carbocycles. The first kappa shape index (κ1) is 29.0. The number of unbranched alkanes of at least 4 members (excludes halogenated alkanes) is 1. The van der Waals surface area contributed by atoms with Crippen LogP contribution in [0.1, 0.15) is 50.7 Å². The maximum Gasteiger partial charge on any atom is 0.332 e. The summed E-state index contributed by atoms with van der Waals surface area (Å²) in [6.45, 7) is 5.56. The van der Waals surface area contributed by atoms with E-state index < -0.39 is 17.1 Å². The van der Waals surface area contributed by atoms with Gasteiger partial charge in [0.2, 0.25) is 0 Å². The molecule has 10 heteroatoms. The first-order valence-electron chi connectivity index (χ1n) is 10.3. The van der Waals surface area contributed by atoms with E-state index in [-0.39, 0.29) is 29.1 Å². The fourth-order valence-electron chi connectivity index (χ4n) is 3.26. The van der Waals surface area contributed by atoms with Crippen LogP contribution in [-0.2, 0) is 13.6 Å². The Bertz CT molecular complexity index is 1030. The molecule has 0 spiro atoms. The van der Waals surface area contributed by atoms with E-state index in [1.807, 2.05) is 11.0 Å². The lowest BCUT2D eigenvalue weighted by Gasteiger charge is -2.34. The van der Waals surface area contributed by atoms with Crippen molar-refractivity contribution in [2.24, 2.45) is 12.8 Å². The summed E-state index contributed by atoms with van der Waals surface area (Å²) in [5, 5.41) is 9.27. The molecule has 178 valence electrons. The monoisotopic (exact) mass is 451 g/mol. The van der Waals surface area contributed by atoms with Gasteiger partial charge in [0.25, 0.3) is 5.56 Å². The molecule has 1 aliphatic rings. The Morgan fingerprint density at radius 2 is 1.84 bits per heavy atom. The Morgan fingerprint density at radius 3 is 2.41 bits per heavy atom. The summed E-state index contributed by atoms with van der Waals surface area (Å²) >= 11 is 0. The molecule has 0 aliphatic carbocycles. The standard InChI is InChI=1S/C18H20FN5O2.C4H10.2H2O/c1-22-17(25)8-16(23-6-2-3-15(21)11-23)24(18(22)26)10-13-7-14(19)5-4-12(13)9-20;1-3-4-2;;/h4-5,7-8,15H,2-3,6,10-11,21H2,1H3;3-4H2,1-2H3;2*1H2/t15-;;;/m1.../s1. The number of nitriles is 1. The Labute approximate surface area is 187 Å². The largest absolute Gasteiger partial charge is 0.412 e. The first-order chi connectivity index (χ1) is 14.3. The molecule has 3 rings (SSSR count). The van der Waals surface area contributed by atoms with Gasteiger partial charge in [-0.25, -0.2) is 9.18 Å². The average molecular weight is 452 g/mol. The lowest BCUT2D eigenvalue weighted by Crippen LogP contribution is -2.47. The second-order valence-corrected chi connectivity index (χ2v) is 7.53. The van der Waals surface area contributed by atoms with Crippen molar-refractivity contribution in [3.63, 3.8) is 0 Å². The van der Waals surface area contributed by atoms with Gasteiger partial charge in [-0.3, -0.25) is 13.9 Å². The number of hydrogen-bond donors (Lipinski definition) is 1. The fourth-order valence-corrected chi connectivity index (χ4v) is 3.26. The molecule has 9 nitrogen and oxygen atoms in total. The van der Waals surface area contributed by atoms with Gasteiger partial charge in [0.15, 0.2) is 0 Å². The van der Waals surface area contributed by atoms with E-state index in [9.17, 15) is 19.2 Å². The summed E-state index contributed by atoms with van der Waals surface area (Å²) in [6.07, 6.45) is 4.38. The lowest BCUT2D eigenvalue weighted by molar-refractivity contribution is 0.491. The van der Waals surface area contributed by atoms with Crippen LogP contribution >= 0.6 is 0 Å². The molecule has 0 radical (unpaired) electrons. The Kier molecular flexibility index (Phi) is 12.2. The van der Waals surface area contributed by atoms with Crippen molar-refractivity contribution in [1.82, 2.24) is 9.13 Å². The van der Waals surface area contributed by atoms with Crippen LogP contribution < -0.4 is 21.9 Å². The number of rotatable bonds is 4. The van der Waals surface area contributed by atoms with E-state index in [4.69, 9.17) is 5.73 Å². The molecule has 1 aromatic heterocycles. The van der Waals surface area contributed by atoms with Crippen LogP contribution in [0.2, 0.25) is 0 Å². The number of nitrogens with two attached hydrogens (primary N) is 1. The smallest absolute Gasteiger partial charge is 0.332 e. The highest BCUT2D eigenvalue weighted by molar-refractivity contribution is 5.43.